The van der Waals surface area contributed by atoms with Crippen LogP contribution in [0.4, 0.5) is 16.2 Å². The van der Waals surface area contributed by atoms with Gasteiger partial charge in [-0.3, -0.25) is 9.69 Å². The zero-order valence-electron chi connectivity index (χ0n) is 12.7. The number of rotatable bonds is 4. The molecule has 2 amide bonds. The summed E-state index contributed by atoms with van der Waals surface area (Å²) in [7, 11) is 1.77. The Balaban J connectivity index is 1.79. The smallest absolute Gasteiger partial charge is 0.414 e. The van der Waals surface area contributed by atoms with E-state index in [-0.39, 0.29) is 18.1 Å². The van der Waals surface area contributed by atoms with Gasteiger partial charge in [0.05, 0.1) is 18.0 Å². The molecule has 7 heteroatoms. The van der Waals surface area contributed by atoms with Gasteiger partial charge in [-0.05, 0) is 24.7 Å². The second-order valence-corrected chi connectivity index (χ2v) is 6.33. The van der Waals surface area contributed by atoms with Crippen LogP contribution in [0, 0.1) is 0 Å². The van der Waals surface area contributed by atoms with Crippen LogP contribution >= 0.6 is 11.8 Å². The number of benzene rings is 1. The zero-order valence-corrected chi connectivity index (χ0v) is 13.5. The van der Waals surface area contributed by atoms with E-state index in [4.69, 9.17) is 4.74 Å². The van der Waals surface area contributed by atoms with Crippen molar-refractivity contribution in [2.75, 3.05) is 42.2 Å². The number of likely N-dealkylation sites (N-methyl/N-ethyl adjacent to an activating group) is 1. The molecule has 0 bridgehead atoms. The van der Waals surface area contributed by atoms with Crippen LogP contribution in [0.5, 0.6) is 0 Å². The van der Waals surface area contributed by atoms with Crippen LogP contribution in [0.2, 0.25) is 0 Å². The van der Waals surface area contributed by atoms with E-state index in [9.17, 15) is 9.59 Å². The molecule has 1 aromatic carbocycles. The molecule has 2 aliphatic rings. The quantitative estimate of drug-likeness (QED) is 0.914. The topological polar surface area (TPSA) is 61.9 Å². The van der Waals surface area contributed by atoms with Gasteiger partial charge in [0.15, 0.2) is 0 Å². The molecule has 2 aliphatic heterocycles. The van der Waals surface area contributed by atoms with Gasteiger partial charge in [-0.1, -0.05) is 6.92 Å². The standard InChI is InChI=1S/C15H19N3O3S/c1-3-16-7-11-8-18(15(20)21-11)10-4-5-12-13(6-10)22-9-14(19)17(12)2/h4-6,11,16H,3,7-9H2,1-2H3/t11-/m0/s1. The summed E-state index contributed by atoms with van der Waals surface area (Å²) < 4.78 is 5.37. The highest BCUT2D eigenvalue weighted by atomic mass is 32.2. The summed E-state index contributed by atoms with van der Waals surface area (Å²) >= 11 is 1.51. The number of fused-ring (bicyclic) bond motifs is 1. The molecule has 1 atom stereocenters. The molecule has 22 heavy (non-hydrogen) atoms. The van der Waals surface area contributed by atoms with Crippen LogP contribution < -0.4 is 15.1 Å². The molecule has 2 heterocycles. The van der Waals surface area contributed by atoms with Crippen LogP contribution in [0.25, 0.3) is 0 Å². The molecule has 1 N–H and O–H groups in total. The maximum absolute atomic E-state index is 12.0. The minimum absolute atomic E-state index is 0.0940. The lowest BCUT2D eigenvalue weighted by molar-refractivity contribution is -0.116. The highest BCUT2D eigenvalue weighted by Gasteiger charge is 2.33. The number of carbonyl (C=O) groups is 2. The first kappa shape index (κ1) is 15.2. The van der Waals surface area contributed by atoms with E-state index in [1.165, 1.54) is 11.8 Å². The van der Waals surface area contributed by atoms with Crippen LogP contribution in [0.1, 0.15) is 6.92 Å². The third-order valence-electron chi connectivity index (χ3n) is 3.84. The lowest BCUT2D eigenvalue weighted by Gasteiger charge is -2.26. The number of thioether (sulfide) groups is 1. The molecule has 6 nitrogen and oxygen atoms in total. The first-order valence-corrected chi connectivity index (χ1v) is 8.31. The van der Waals surface area contributed by atoms with E-state index >= 15 is 0 Å². The van der Waals surface area contributed by atoms with Crippen molar-refractivity contribution in [3.63, 3.8) is 0 Å². The predicted molar refractivity (Wildman–Crippen MR) is 86.7 cm³/mol. The van der Waals surface area contributed by atoms with E-state index in [0.29, 0.717) is 18.8 Å². The number of anilines is 2. The third-order valence-corrected chi connectivity index (χ3v) is 4.87. The van der Waals surface area contributed by atoms with Crippen molar-refractivity contribution >= 4 is 35.1 Å². The summed E-state index contributed by atoms with van der Waals surface area (Å²) in [6.45, 7) is 4.08. The second-order valence-electron chi connectivity index (χ2n) is 5.32. The van der Waals surface area contributed by atoms with E-state index in [1.807, 2.05) is 25.1 Å². The normalized spacial score (nSPS) is 21.1. The summed E-state index contributed by atoms with van der Waals surface area (Å²) in [5, 5.41) is 3.19. The second kappa shape index (κ2) is 6.18. The molecule has 0 radical (unpaired) electrons. The van der Waals surface area contributed by atoms with Gasteiger partial charge in [-0.15, -0.1) is 11.8 Å². The van der Waals surface area contributed by atoms with Gasteiger partial charge in [-0.25, -0.2) is 4.79 Å². The first-order valence-electron chi connectivity index (χ1n) is 7.32. The molecule has 1 saturated heterocycles. The molecular weight excluding hydrogens is 302 g/mol. The molecular formula is C15H19N3O3S. The minimum Gasteiger partial charge on any atom is -0.443 e. The van der Waals surface area contributed by atoms with Gasteiger partial charge in [-0.2, -0.15) is 0 Å². The number of hydrogen-bond acceptors (Lipinski definition) is 5. The molecule has 1 fully saturated rings. The number of amides is 2. The number of ether oxygens (including phenoxy) is 1. The lowest BCUT2D eigenvalue weighted by atomic mass is 10.2. The number of carbonyl (C=O) groups excluding carboxylic acids is 2. The van der Waals surface area contributed by atoms with Gasteiger partial charge in [0.25, 0.3) is 0 Å². The SMILES string of the molecule is CCNC[C@H]1CN(c2ccc3c(c2)SCC(=O)N3C)C(=O)O1. The van der Waals surface area contributed by atoms with Crippen molar-refractivity contribution < 1.29 is 14.3 Å². The third kappa shape index (κ3) is 2.78. The molecule has 3 rings (SSSR count). The largest absolute Gasteiger partial charge is 0.443 e. The Morgan fingerprint density at radius 3 is 3.00 bits per heavy atom. The summed E-state index contributed by atoms with van der Waals surface area (Å²) in [5.41, 5.74) is 1.71. The van der Waals surface area contributed by atoms with E-state index in [2.05, 4.69) is 5.32 Å². The van der Waals surface area contributed by atoms with Crippen molar-refractivity contribution in [3.8, 4) is 0 Å². The average Bonchev–Trinajstić information content (AvgIpc) is 2.89. The fraction of sp³-hybridized carbons (Fsp3) is 0.467. The Morgan fingerprint density at radius 1 is 1.41 bits per heavy atom. The fourth-order valence-electron chi connectivity index (χ4n) is 2.58. The maximum Gasteiger partial charge on any atom is 0.414 e. The number of nitrogens with one attached hydrogen (secondary N) is 1. The van der Waals surface area contributed by atoms with Crippen LogP contribution in [0.3, 0.4) is 0 Å². The monoisotopic (exact) mass is 321 g/mol. The van der Waals surface area contributed by atoms with Crippen molar-refractivity contribution in [3.05, 3.63) is 18.2 Å². The summed E-state index contributed by atoms with van der Waals surface area (Å²) in [5.74, 6) is 0.525. The Hall–Kier alpha value is -1.73. The molecule has 0 saturated carbocycles. The number of nitrogens with zero attached hydrogens (tertiary/aromatic N) is 2. The summed E-state index contributed by atoms with van der Waals surface area (Å²) in [4.78, 5) is 28.1. The van der Waals surface area contributed by atoms with Gasteiger partial charge in [0, 0.05) is 24.2 Å². The van der Waals surface area contributed by atoms with Gasteiger partial charge in [0.1, 0.15) is 6.10 Å². The Morgan fingerprint density at radius 2 is 2.23 bits per heavy atom. The van der Waals surface area contributed by atoms with Gasteiger partial charge in [0.2, 0.25) is 5.91 Å². The molecule has 118 valence electrons. The Labute approximate surface area is 133 Å². The predicted octanol–water partition coefficient (Wildman–Crippen LogP) is 1.69. The lowest BCUT2D eigenvalue weighted by Crippen LogP contribution is -2.32. The Bertz CT molecular complexity index is 608. The molecule has 0 unspecified atom stereocenters. The van der Waals surface area contributed by atoms with E-state index in [1.54, 1.807) is 16.8 Å². The zero-order chi connectivity index (χ0) is 15.7. The average molecular weight is 321 g/mol. The van der Waals surface area contributed by atoms with Crippen LogP contribution in [-0.2, 0) is 9.53 Å². The van der Waals surface area contributed by atoms with Crippen LogP contribution in [-0.4, -0.2) is 50.5 Å². The van der Waals surface area contributed by atoms with Crippen molar-refractivity contribution in [1.82, 2.24) is 5.32 Å². The van der Waals surface area contributed by atoms with Crippen LogP contribution in [0.15, 0.2) is 23.1 Å². The van der Waals surface area contributed by atoms with Crippen molar-refractivity contribution in [1.29, 1.82) is 0 Å². The van der Waals surface area contributed by atoms with Gasteiger partial charge < -0.3 is 15.0 Å². The van der Waals surface area contributed by atoms with E-state index in [0.717, 1.165) is 22.8 Å². The molecule has 0 aromatic heterocycles. The van der Waals surface area contributed by atoms with Crippen molar-refractivity contribution in [2.24, 2.45) is 0 Å². The Kier molecular flexibility index (Phi) is 4.26. The first-order chi connectivity index (χ1) is 10.6. The summed E-state index contributed by atoms with van der Waals surface area (Å²) in [6.07, 6.45) is -0.437. The number of cyclic esters (lactones) is 1. The minimum atomic E-state index is -0.312. The fourth-order valence-corrected chi connectivity index (χ4v) is 3.61. The molecule has 1 aromatic rings. The van der Waals surface area contributed by atoms with Gasteiger partial charge >= 0.3 is 6.09 Å². The maximum atomic E-state index is 12.0. The highest BCUT2D eigenvalue weighted by molar-refractivity contribution is 8.00. The summed E-state index contributed by atoms with van der Waals surface area (Å²) in [6, 6.07) is 5.71. The molecule has 0 aliphatic carbocycles. The van der Waals surface area contributed by atoms with Crippen molar-refractivity contribution in [2.45, 2.75) is 17.9 Å². The molecule has 0 spiro atoms. The number of hydrogen-bond donors (Lipinski definition) is 1. The highest BCUT2D eigenvalue weighted by Crippen LogP contribution is 2.37. The van der Waals surface area contributed by atoms with E-state index < -0.39 is 0 Å².